The lowest BCUT2D eigenvalue weighted by Crippen LogP contribution is -2.47. The number of rotatable bonds is 7. The van der Waals surface area contributed by atoms with Gasteiger partial charge in [-0.25, -0.2) is 0 Å². The fourth-order valence-electron chi connectivity index (χ4n) is 2.59. The van der Waals surface area contributed by atoms with Crippen molar-refractivity contribution in [3.8, 4) is 0 Å². The SMILES string of the molecule is Cl.NCCNC(=O)C1CCCN(CC(=O)NCC2CC2)C1. The van der Waals surface area contributed by atoms with Crippen LogP contribution in [0.4, 0.5) is 0 Å². The summed E-state index contributed by atoms with van der Waals surface area (Å²) in [5.74, 6) is 0.847. The molecule has 0 aromatic heterocycles. The number of nitrogens with zero attached hydrogens (tertiary/aromatic N) is 1. The minimum atomic E-state index is -0.00784. The van der Waals surface area contributed by atoms with Crippen LogP contribution in [-0.4, -0.2) is 56.0 Å². The first kappa shape index (κ1) is 18.2. The van der Waals surface area contributed by atoms with Gasteiger partial charge < -0.3 is 16.4 Å². The van der Waals surface area contributed by atoms with Gasteiger partial charge in [-0.1, -0.05) is 0 Å². The summed E-state index contributed by atoms with van der Waals surface area (Å²) in [6.45, 7) is 3.79. The topological polar surface area (TPSA) is 87.5 Å². The highest BCUT2D eigenvalue weighted by Crippen LogP contribution is 2.27. The second kappa shape index (κ2) is 9.23. The van der Waals surface area contributed by atoms with Crippen LogP contribution < -0.4 is 16.4 Å². The average Bonchev–Trinajstić information content (AvgIpc) is 3.27. The van der Waals surface area contributed by atoms with E-state index >= 15 is 0 Å². The van der Waals surface area contributed by atoms with E-state index in [1.807, 2.05) is 0 Å². The molecule has 2 amide bonds. The van der Waals surface area contributed by atoms with E-state index in [9.17, 15) is 9.59 Å². The molecule has 1 atom stereocenters. The Kier molecular flexibility index (Phi) is 8.00. The lowest BCUT2D eigenvalue weighted by molar-refractivity contribution is -0.128. The molecule has 2 fully saturated rings. The zero-order chi connectivity index (χ0) is 14.4. The number of nitrogens with one attached hydrogen (secondary N) is 2. The van der Waals surface area contributed by atoms with E-state index in [0.29, 0.717) is 32.1 Å². The zero-order valence-electron chi connectivity index (χ0n) is 12.5. The molecule has 0 aromatic carbocycles. The molecule has 1 heterocycles. The van der Waals surface area contributed by atoms with Crippen LogP contribution in [0.15, 0.2) is 0 Å². The highest BCUT2D eigenvalue weighted by Gasteiger charge is 2.27. The van der Waals surface area contributed by atoms with E-state index in [4.69, 9.17) is 5.73 Å². The van der Waals surface area contributed by atoms with Gasteiger partial charge in [0.2, 0.25) is 11.8 Å². The van der Waals surface area contributed by atoms with Crippen molar-refractivity contribution in [2.45, 2.75) is 25.7 Å². The number of piperidine rings is 1. The van der Waals surface area contributed by atoms with Crippen molar-refractivity contribution in [2.24, 2.45) is 17.6 Å². The minimum Gasteiger partial charge on any atom is -0.355 e. The Morgan fingerprint density at radius 3 is 2.62 bits per heavy atom. The maximum Gasteiger partial charge on any atom is 0.234 e. The Bertz CT molecular complexity index is 350. The molecule has 1 saturated carbocycles. The van der Waals surface area contributed by atoms with Crippen LogP contribution in [0.3, 0.4) is 0 Å². The van der Waals surface area contributed by atoms with Crippen LogP contribution in [0.5, 0.6) is 0 Å². The summed E-state index contributed by atoms with van der Waals surface area (Å²) in [5, 5.41) is 5.81. The average molecular weight is 319 g/mol. The Morgan fingerprint density at radius 1 is 1.19 bits per heavy atom. The number of amides is 2. The molecule has 0 spiro atoms. The zero-order valence-corrected chi connectivity index (χ0v) is 13.3. The Balaban J connectivity index is 0.00000220. The van der Waals surface area contributed by atoms with Gasteiger partial charge in [-0.05, 0) is 38.1 Å². The van der Waals surface area contributed by atoms with Crippen LogP contribution in [0.25, 0.3) is 0 Å². The van der Waals surface area contributed by atoms with Gasteiger partial charge in [0.1, 0.15) is 0 Å². The fraction of sp³-hybridized carbons (Fsp3) is 0.857. The van der Waals surface area contributed by atoms with Crippen LogP contribution >= 0.6 is 12.4 Å². The molecule has 1 aliphatic heterocycles. The third-order valence-electron chi connectivity index (χ3n) is 3.97. The molecule has 6 nitrogen and oxygen atoms in total. The molecule has 1 saturated heterocycles. The van der Waals surface area contributed by atoms with Gasteiger partial charge in [-0.2, -0.15) is 0 Å². The van der Waals surface area contributed by atoms with Gasteiger partial charge in [0.25, 0.3) is 0 Å². The molecule has 7 heteroatoms. The quantitative estimate of drug-likeness (QED) is 0.602. The fourth-order valence-corrected chi connectivity index (χ4v) is 2.59. The number of carbonyl (C=O) groups excluding carboxylic acids is 2. The lowest BCUT2D eigenvalue weighted by Gasteiger charge is -2.31. The third-order valence-corrected chi connectivity index (χ3v) is 3.97. The summed E-state index contributed by atoms with van der Waals surface area (Å²) in [6, 6.07) is 0. The predicted molar refractivity (Wildman–Crippen MR) is 84.2 cm³/mol. The van der Waals surface area contributed by atoms with Gasteiger partial charge >= 0.3 is 0 Å². The summed E-state index contributed by atoms with van der Waals surface area (Å²) in [4.78, 5) is 25.8. The molecule has 0 radical (unpaired) electrons. The number of likely N-dealkylation sites (tertiary alicyclic amines) is 1. The summed E-state index contributed by atoms with van der Waals surface area (Å²) in [6.07, 6.45) is 4.36. The van der Waals surface area contributed by atoms with Crippen molar-refractivity contribution >= 4 is 24.2 Å². The van der Waals surface area contributed by atoms with E-state index in [0.717, 1.165) is 25.9 Å². The van der Waals surface area contributed by atoms with Gasteiger partial charge in [0, 0.05) is 26.2 Å². The van der Waals surface area contributed by atoms with E-state index in [1.54, 1.807) is 0 Å². The monoisotopic (exact) mass is 318 g/mol. The molecular formula is C14H27ClN4O2. The molecule has 2 rings (SSSR count). The van der Waals surface area contributed by atoms with Crippen LogP contribution in [0.2, 0.25) is 0 Å². The highest BCUT2D eigenvalue weighted by molar-refractivity contribution is 5.85. The van der Waals surface area contributed by atoms with Crippen molar-refractivity contribution in [3.63, 3.8) is 0 Å². The van der Waals surface area contributed by atoms with Gasteiger partial charge in [-0.15, -0.1) is 12.4 Å². The summed E-state index contributed by atoms with van der Waals surface area (Å²) in [7, 11) is 0. The standard InChI is InChI=1S/C14H26N4O2.ClH/c15-5-6-16-14(20)12-2-1-7-18(9-12)10-13(19)17-8-11-3-4-11;/h11-12H,1-10,15H2,(H,16,20)(H,17,19);1H. The molecule has 21 heavy (non-hydrogen) atoms. The second-order valence-corrected chi connectivity index (χ2v) is 5.90. The molecule has 0 aromatic rings. The molecular weight excluding hydrogens is 292 g/mol. The molecule has 1 aliphatic carbocycles. The van der Waals surface area contributed by atoms with Gasteiger partial charge in [0.05, 0.1) is 12.5 Å². The number of carbonyl (C=O) groups is 2. The summed E-state index contributed by atoms with van der Waals surface area (Å²) < 4.78 is 0. The molecule has 2 aliphatic rings. The normalized spacial score (nSPS) is 22.2. The number of hydrogen-bond acceptors (Lipinski definition) is 4. The molecule has 122 valence electrons. The van der Waals surface area contributed by atoms with E-state index in [2.05, 4.69) is 15.5 Å². The maximum atomic E-state index is 11.9. The Morgan fingerprint density at radius 2 is 1.95 bits per heavy atom. The van der Waals surface area contributed by atoms with Crippen molar-refractivity contribution in [3.05, 3.63) is 0 Å². The van der Waals surface area contributed by atoms with Crippen molar-refractivity contribution in [1.82, 2.24) is 15.5 Å². The van der Waals surface area contributed by atoms with Crippen LogP contribution in [0, 0.1) is 11.8 Å². The van der Waals surface area contributed by atoms with E-state index < -0.39 is 0 Å². The number of halogens is 1. The molecule has 0 bridgehead atoms. The molecule has 1 unspecified atom stereocenters. The summed E-state index contributed by atoms with van der Waals surface area (Å²) >= 11 is 0. The van der Waals surface area contributed by atoms with Crippen LogP contribution in [-0.2, 0) is 9.59 Å². The number of hydrogen-bond donors (Lipinski definition) is 3. The van der Waals surface area contributed by atoms with E-state index in [-0.39, 0.29) is 30.1 Å². The predicted octanol–water partition coefficient (Wildman–Crippen LogP) is -0.279. The molecule has 4 N–H and O–H groups in total. The first-order valence-electron chi connectivity index (χ1n) is 7.66. The van der Waals surface area contributed by atoms with Crippen molar-refractivity contribution in [2.75, 3.05) is 39.3 Å². The summed E-state index contributed by atoms with van der Waals surface area (Å²) in [5.41, 5.74) is 5.38. The van der Waals surface area contributed by atoms with Gasteiger partial charge in [-0.3, -0.25) is 14.5 Å². The van der Waals surface area contributed by atoms with Crippen molar-refractivity contribution in [1.29, 1.82) is 0 Å². The minimum absolute atomic E-state index is 0. The third kappa shape index (κ3) is 6.63. The van der Waals surface area contributed by atoms with E-state index in [1.165, 1.54) is 12.8 Å². The van der Waals surface area contributed by atoms with Gasteiger partial charge in [0.15, 0.2) is 0 Å². The second-order valence-electron chi connectivity index (χ2n) is 5.90. The smallest absolute Gasteiger partial charge is 0.234 e. The lowest BCUT2D eigenvalue weighted by atomic mass is 9.97. The highest BCUT2D eigenvalue weighted by atomic mass is 35.5. The first-order valence-corrected chi connectivity index (χ1v) is 7.66. The Labute approximate surface area is 132 Å². The Hall–Kier alpha value is -0.850. The maximum absolute atomic E-state index is 11.9. The largest absolute Gasteiger partial charge is 0.355 e. The van der Waals surface area contributed by atoms with Crippen molar-refractivity contribution < 1.29 is 9.59 Å². The number of nitrogens with two attached hydrogens (primary N) is 1. The first-order chi connectivity index (χ1) is 9.69. The van der Waals surface area contributed by atoms with Crippen LogP contribution in [0.1, 0.15) is 25.7 Å².